The van der Waals surface area contributed by atoms with E-state index in [4.69, 9.17) is 5.73 Å². The van der Waals surface area contributed by atoms with Crippen LogP contribution in [-0.4, -0.2) is 18.8 Å². The molecule has 0 aromatic rings. The first-order valence-electron chi connectivity index (χ1n) is 4.53. The molecule has 0 saturated carbocycles. The SMILES string of the molecule is CC1=NCCC(CCCN)C1. The molecule has 1 heterocycles. The highest BCUT2D eigenvalue weighted by molar-refractivity contribution is 5.82. The first kappa shape index (κ1) is 8.72. The van der Waals surface area contributed by atoms with Gasteiger partial charge in [-0.25, -0.2) is 0 Å². The molecule has 0 fully saturated rings. The maximum atomic E-state index is 5.45. The number of hydrogen-bond acceptors (Lipinski definition) is 2. The normalized spacial score (nSPS) is 24.9. The first-order chi connectivity index (χ1) is 5.33. The van der Waals surface area contributed by atoms with Crippen molar-refractivity contribution >= 4 is 5.71 Å². The molecule has 64 valence electrons. The summed E-state index contributed by atoms with van der Waals surface area (Å²) in [7, 11) is 0. The van der Waals surface area contributed by atoms with Gasteiger partial charge in [-0.05, 0) is 45.1 Å². The van der Waals surface area contributed by atoms with E-state index in [2.05, 4.69) is 11.9 Å². The van der Waals surface area contributed by atoms with Gasteiger partial charge in [0.1, 0.15) is 0 Å². The van der Waals surface area contributed by atoms with Crippen LogP contribution in [0.3, 0.4) is 0 Å². The largest absolute Gasteiger partial charge is 0.330 e. The molecular formula is C9H18N2. The van der Waals surface area contributed by atoms with Gasteiger partial charge in [-0.1, -0.05) is 0 Å². The van der Waals surface area contributed by atoms with Crippen molar-refractivity contribution < 1.29 is 0 Å². The lowest BCUT2D eigenvalue weighted by Gasteiger charge is -2.19. The van der Waals surface area contributed by atoms with Gasteiger partial charge in [0.05, 0.1) is 0 Å². The molecule has 0 saturated heterocycles. The molecule has 0 spiro atoms. The van der Waals surface area contributed by atoms with E-state index in [0.717, 1.165) is 19.0 Å². The molecule has 0 bridgehead atoms. The molecule has 0 amide bonds. The van der Waals surface area contributed by atoms with Gasteiger partial charge < -0.3 is 5.73 Å². The summed E-state index contributed by atoms with van der Waals surface area (Å²) in [5, 5.41) is 0. The van der Waals surface area contributed by atoms with Crippen molar-refractivity contribution in [1.29, 1.82) is 0 Å². The van der Waals surface area contributed by atoms with Crippen LogP contribution in [0.1, 0.15) is 32.6 Å². The van der Waals surface area contributed by atoms with E-state index in [9.17, 15) is 0 Å². The highest BCUT2D eigenvalue weighted by Gasteiger charge is 2.12. The van der Waals surface area contributed by atoms with Crippen LogP contribution in [-0.2, 0) is 0 Å². The maximum absolute atomic E-state index is 5.45. The molecule has 0 aromatic carbocycles. The predicted molar refractivity (Wildman–Crippen MR) is 49.0 cm³/mol. The smallest absolute Gasteiger partial charge is 0.0391 e. The second-order valence-corrected chi connectivity index (χ2v) is 3.41. The van der Waals surface area contributed by atoms with Crippen LogP contribution in [0.15, 0.2) is 4.99 Å². The van der Waals surface area contributed by atoms with Crippen LogP contribution in [0.2, 0.25) is 0 Å². The minimum absolute atomic E-state index is 0.840. The molecule has 1 aliphatic heterocycles. The number of hydrogen-bond donors (Lipinski definition) is 1. The van der Waals surface area contributed by atoms with Crippen LogP contribution >= 0.6 is 0 Å². The summed E-state index contributed by atoms with van der Waals surface area (Å²) in [5.74, 6) is 0.871. The Labute approximate surface area is 68.9 Å². The summed E-state index contributed by atoms with van der Waals surface area (Å²) in [5.41, 5.74) is 6.78. The Morgan fingerprint density at radius 2 is 2.45 bits per heavy atom. The fraction of sp³-hybridized carbons (Fsp3) is 0.889. The minimum atomic E-state index is 0.840. The molecular weight excluding hydrogens is 136 g/mol. The van der Waals surface area contributed by atoms with Crippen molar-refractivity contribution in [2.24, 2.45) is 16.6 Å². The molecule has 1 aliphatic rings. The highest BCUT2D eigenvalue weighted by atomic mass is 14.7. The fourth-order valence-corrected chi connectivity index (χ4v) is 1.68. The lowest BCUT2D eigenvalue weighted by atomic mass is 9.92. The van der Waals surface area contributed by atoms with Gasteiger partial charge in [-0.3, -0.25) is 4.99 Å². The summed E-state index contributed by atoms with van der Waals surface area (Å²) in [6.07, 6.45) is 4.96. The number of rotatable bonds is 3. The zero-order valence-corrected chi connectivity index (χ0v) is 7.34. The van der Waals surface area contributed by atoms with E-state index in [1.165, 1.54) is 31.4 Å². The third-order valence-electron chi connectivity index (χ3n) is 2.32. The molecule has 1 atom stereocenters. The molecule has 2 nitrogen and oxygen atoms in total. The topological polar surface area (TPSA) is 38.4 Å². The monoisotopic (exact) mass is 154 g/mol. The fourth-order valence-electron chi connectivity index (χ4n) is 1.68. The highest BCUT2D eigenvalue weighted by Crippen LogP contribution is 2.19. The molecule has 2 N–H and O–H groups in total. The number of nitrogens with two attached hydrogens (primary N) is 1. The summed E-state index contributed by atoms with van der Waals surface area (Å²) < 4.78 is 0. The molecule has 11 heavy (non-hydrogen) atoms. The van der Waals surface area contributed by atoms with E-state index in [-0.39, 0.29) is 0 Å². The van der Waals surface area contributed by atoms with Crippen LogP contribution in [0.4, 0.5) is 0 Å². The second-order valence-electron chi connectivity index (χ2n) is 3.41. The van der Waals surface area contributed by atoms with Crippen molar-refractivity contribution in [3.63, 3.8) is 0 Å². The van der Waals surface area contributed by atoms with Gasteiger partial charge in [-0.2, -0.15) is 0 Å². The second kappa shape index (κ2) is 4.50. The van der Waals surface area contributed by atoms with Crippen molar-refractivity contribution in [1.82, 2.24) is 0 Å². The summed E-state index contributed by atoms with van der Waals surface area (Å²) in [4.78, 5) is 4.37. The quantitative estimate of drug-likeness (QED) is 0.658. The van der Waals surface area contributed by atoms with Gasteiger partial charge in [0.15, 0.2) is 0 Å². The summed E-state index contributed by atoms with van der Waals surface area (Å²) >= 11 is 0. The zero-order valence-electron chi connectivity index (χ0n) is 7.34. The van der Waals surface area contributed by atoms with Crippen LogP contribution < -0.4 is 5.73 Å². The van der Waals surface area contributed by atoms with Crippen LogP contribution in [0.25, 0.3) is 0 Å². The molecule has 0 aliphatic carbocycles. The Morgan fingerprint density at radius 3 is 3.09 bits per heavy atom. The van der Waals surface area contributed by atoms with Gasteiger partial charge >= 0.3 is 0 Å². The van der Waals surface area contributed by atoms with E-state index in [1.807, 2.05) is 0 Å². The summed E-state index contributed by atoms with van der Waals surface area (Å²) in [6, 6.07) is 0. The van der Waals surface area contributed by atoms with Crippen LogP contribution in [0.5, 0.6) is 0 Å². The van der Waals surface area contributed by atoms with E-state index >= 15 is 0 Å². The third-order valence-corrected chi connectivity index (χ3v) is 2.32. The van der Waals surface area contributed by atoms with Crippen molar-refractivity contribution in [3.8, 4) is 0 Å². The Hall–Kier alpha value is -0.370. The predicted octanol–water partition coefficient (Wildman–Crippen LogP) is 1.60. The van der Waals surface area contributed by atoms with Gasteiger partial charge in [0.2, 0.25) is 0 Å². The van der Waals surface area contributed by atoms with Gasteiger partial charge in [-0.15, -0.1) is 0 Å². The molecule has 1 unspecified atom stereocenters. The average Bonchev–Trinajstić information content (AvgIpc) is 2.01. The van der Waals surface area contributed by atoms with E-state index in [1.54, 1.807) is 0 Å². The number of nitrogens with zero attached hydrogens (tertiary/aromatic N) is 1. The minimum Gasteiger partial charge on any atom is -0.330 e. The molecule has 1 rings (SSSR count). The Morgan fingerprint density at radius 1 is 1.64 bits per heavy atom. The van der Waals surface area contributed by atoms with Crippen molar-refractivity contribution in [2.75, 3.05) is 13.1 Å². The first-order valence-corrected chi connectivity index (χ1v) is 4.53. The molecule has 2 heteroatoms. The molecule has 0 radical (unpaired) electrons. The lowest BCUT2D eigenvalue weighted by molar-refractivity contribution is 0.446. The van der Waals surface area contributed by atoms with Crippen LogP contribution in [0, 0.1) is 5.92 Å². The lowest BCUT2D eigenvalue weighted by Crippen LogP contribution is -2.15. The van der Waals surface area contributed by atoms with Crippen molar-refractivity contribution in [3.05, 3.63) is 0 Å². The number of aliphatic imine (C=N–C) groups is 1. The Balaban J connectivity index is 2.21. The maximum Gasteiger partial charge on any atom is 0.0391 e. The third kappa shape index (κ3) is 3.02. The van der Waals surface area contributed by atoms with Crippen molar-refractivity contribution in [2.45, 2.75) is 32.6 Å². The van der Waals surface area contributed by atoms with Gasteiger partial charge in [0.25, 0.3) is 0 Å². The van der Waals surface area contributed by atoms with E-state index < -0.39 is 0 Å². The standard InChI is InChI=1S/C9H18N2/c1-8-7-9(3-2-5-10)4-6-11-8/h9H,2-7,10H2,1H3. The van der Waals surface area contributed by atoms with Gasteiger partial charge in [0, 0.05) is 12.3 Å². The average molecular weight is 154 g/mol. The van der Waals surface area contributed by atoms with E-state index in [0.29, 0.717) is 0 Å². The zero-order chi connectivity index (χ0) is 8.10. The molecule has 0 aromatic heterocycles. The summed E-state index contributed by atoms with van der Waals surface area (Å²) in [6.45, 7) is 4.02. The Bertz CT molecular complexity index is 140. The Kier molecular flexibility index (Phi) is 3.57.